The van der Waals surface area contributed by atoms with Crippen molar-refractivity contribution in [3.8, 4) is 0 Å². The molecule has 314 valence electrons. The Morgan fingerprint density at radius 1 is 0.500 bits per heavy atom. The Labute approximate surface area is 378 Å². The first-order valence-corrected chi connectivity index (χ1v) is 23.5. The van der Waals surface area contributed by atoms with Gasteiger partial charge in [-0.05, 0) is 140 Å². The summed E-state index contributed by atoms with van der Waals surface area (Å²) in [6.07, 6.45) is 4.62. The number of rotatable bonds is 19. The quantitative estimate of drug-likeness (QED) is 0.0473. The van der Waals surface area contributed by atoms with Gasteiger partial charge in [-0.1, -0.05) is 90.1 Å². The Morgan fingerprint density at radius 2 is 0.919 bits per heavy atom. The molecule has 0 fully saturated rings. The molecule has 0 saturated heterocycles. The minimum absolute atomic E-state index is 0.346. The number of hydrogen-bond donors (Lipinski definition) is 2. The van der Waals surface area contributed by atoms with Crippen molar-refractivity contribution in [2.75, 3.05) is 40.0 Å². The van der Waals surface area contributed by atoms with Crippen LogP contribution in [-0.4, -0.2) is 59.9 Å². The molecule has 2 N–H and O–H groups in total. The molecule has 0 amide bonds. The summed E-state index contributed by atoms with van der Waals surface area (Å²) in [6, 6.07) is 62.2. The van der Waals surface area contributed by atoms with E-state index in [0.29, 0.717) is 18.8 Å². The maximum Gasteiger partial charge on any atom is 0.0830 e. The molecule has 0 spiro atoms. The van der Waals surface area contributed by atoms with E-state index in [4.69, 9.17) is 10.2 Å². The number of nitrogens with zero attached hydrogens (tertiary/aromatic N) is 5. The third-order valence-electron chi connectivity index (χ3n) is 9.78. The Balaban J connectivity index is 1.02. The van der Waals surface area contributed by atoms with E-state index in [1.165, 1.54) is 20.2 Å². The van der Waals surface area contributed by atoms with Crippen LogP contribution in [0.5, 0.6) is 0 Å². The highest BCUT2D eigenvalue weighted by Gasteiger charge is 2.15. The fourth-order valence-corrected chi connectivity index (χ4v) is 8.59. The lowest BCUT2D eigenvalue weighted by atomic mass is 10.1. The predicted octanol–water partition coefficient (Wildman–Crippen LogP) is 12.6. The molecule has 0 radical (unpaired) electrons. The minimum Gasteiger partial charge on any atom is -0.391 e. The number of aliphatic hydroxyl groups is 2. The van der Waals surface area contributed by atoms with Gasteiger partial charge < -0.3 is 15.1 Å². The number of aliphatic hydroxyl groups excluding tert-OH is 2. The van der Waals surface area contributed by atoms with Crippen LogP contribution < -0.4 is 14.9 Å². The van der Waals surface area contributed by atoms with Crippen molar-refractivity contribution in [2.45, 2.75) is 45.6 Å². The summed E-state index contributed by atoms with van der Waals surface area (Å²) in [5, 5.41) is 34.7. The van der Waals surface area contributed by atoms with Gasteiger partial charge in [-0.3, -0.25) is 10.0 Å². The Bertz CT molecular complexity index is 2470. The molecule has 0 aliphatic rings. The molecule has 0 aliphatic carbocycles. The van der Waals surface area contributed by atoms with Gasteiger partial charge in [-0.2, -0.15) is 10.2 Å². The molecule has 10 heteroatoms. The van der Waals surface area contributed by atoms with Crippen LogP contribution in [0.1, 0.15) is 23.6 Å². The van der Waals surface area contributed by atoms with Gasteiger partial charge in [0.15, 0.2) is 0 Å². The van der Waals surface area contributed by atoms with E-state index in [1.54, 1.807) is 42.2 Å². The highest BCUT2D eigenvalue weighted by molar-refractivity contribution is 8.00. The number of para-hydroxylation sites is 2. The molecule has 7 rings (SSSR count). The molecule has 0 heterocycles. The number of anilines is 5. The van der Waals surface area contributed by atoms with Gasteiger partial charge in [0.05, 0.1) is 49.1 Å². The van der Waals surface area contributed by atoms with Crippen molar-refractivity contribution in [1.29, 1.82) is 0 Å². The summed E-state index contributed by atoms with van der Waals surface area (Å²) >= 11 is 5.14. The zero-order valence-electron chi connectivity index (χ0n) is 35.1. The van der Waals surface area contributed by atoms with Gasteiger partial charge in [0, 0.05) is 42.4 Å². The van der Waals surface area contributed by atoms with Crippen LogP contribution in [0.4, 0.5) is 28.4 Å². The van der Waals surface area contributed by atoms with Crippen LogP contribution in [0.3, 0.4) is 0 Å². The molecule has 62 heavy (non-hydrogen) atoms. The predicted molar refractivity (Wildman–Crippen MR) is 266 cm³/mol. The lowest BCUT2D eigenvalue weighted by molar-refractivity contribution is 0.200. The van der Waals surface area contributed by atoms with Crippen molar-refractivity contribution < 1.29 is 10.2 Å². The van der Waals surface area contributed by atoms with Gasteiger partial charge in [-0.15, -0.1) is 23.5 Å². The second-order valence-electron chi connectivity index (χ2n) is 14.7. The van der Waals surface area contributed by atoms with Crippen LogP contribution in [0, 0.1) is 6.92 Å². The molecule has 2 unspecified atom stereocenters. The van der Waals surface area contributed by atoms with E-state index in [9.17, 15) is 10.2 Å². The monoisotopic (exact) mass is 873 g/mol. The number of benzene rings is 7. The lowest BCUT2D eigenvalue weighted by Gasteiger charge is -2.26. The van der Waals surface area contributed by atoms with E-state index in [1.807, 2.05) is 83.1 Å². The second-order valence-corrected chi connectivity index (χ2v) is 17.9. The minimum atomic E-state index is -0.614. The third-order valence-corrected chi connectivity index (χ3v) is 12.7. The Morgan fingerprint density at radius 3 is 1.37 bits per heavy atom. The zero-order valence-corrected chi connectivity index (χ0v) is 37.6. The molecule has 0 saturated carbocycles. The van der Waals surface area contributed by atoms with E-state index in [-0.39, 0.29) is 0 Å². The summed E-state index contributed by atoms with van der Waals surface area (Å²) in [5.74, 6) is 0.536. The first kappa shape index (κ1) is 44.3. The van der Waals surface area contributed by atoms with Gasteiger partial charge in [0.25, 0.3) is 0 Å². The number of thioether (sulfide) groups is 2. The largest absolute Gasteiger partial charge is 0.391 e. The molecule has 0 aromatic heterocycles. The molecular weight excluding hydrogens is 823 g/mol. The van der Waals surface area contributed by atoms with E-state index in [0.717, 1.165) is 44.5 Å². The second kappa shape index (κ2) is 22.4. The zero-order chi connectivity index (χ0) is 43.1. The van der Waals surface area contributed by atoms with Crippen LogP contribution in [0.15, 0.2) is 212 Å². The summed E-state index contributed by atoms with van der Waals surface area (Å²) in [4.78, 5) is 7.00. The standard InChI is InChI=1S/C52H51N5O2S3/c1-39-14-20-45(21-15-39)57(46-22-16-41(17-23-46)34-53-55(36-40(2)58)43-10-6-4-7-11-43)47-24-18-42(19-25-47)35-54-56(44-12-8-5-9-13-44)37-48(59)38-61-50-28-32-52(33-29-50)62-51-30-26-49(60-3)27-31-51/h4-35,40,48,58-59H,36-38H2,1-3H3/b53-34-,54-35-. The number of hydrogen-bond acceptors (Lipinski definition) is 10. The molecule has 2 atom stereocenters. The maximum absolute atomic E-state index is 11.2. The van der Waals surface area contributed by atoms with E-state index in [2.05, 4.69) is 139 Å². The van der Waals surface area contributed by atoms with Crippen molar-refractivity contribution >= 4 is 76.2 Å². The highest BCUT2D eigenvalue weighted by atomic mass is 32.2. The van der Waals surface area contributed by atoms with Crippen LogP contribution in [0.25, 0.3) is 0 Å². The molecule has 0 aliphatic heterocycles. The highest BCUT2D eigenvalue weighted by Crippen LogP contribution is 2.35. The van der Waals surface area contributed by atoms with E-state index >= 15 is 0 Å². The van der Waals surface area contributed by atoms with Crippen LogP contribution in [0.2, 0.25) is 0 Å². The SMILES string of the molecule is CSc1ccc(Sc2ccc(SCC(O)CN(/N=C\c3ccc(N(c4ccc(C)cc4)c4ccc(/C=N\N(CC(C)O)c5ccccc5)cc4)cc3)c3ccccc3)cc2)cc1. The van der Waals surface area contributed by atoms with E-state index < -0.39 is 12.2 Å². The van der Waals surface area contributed by atoms with Crippen LogP contribution >= 0.6 is 35.3 Å². The van der Waals surface area contributed by atoms with Gasteiger partial charge >= 0.3 is 0 Å². The topological polar surface area (TPSA) is 74.9 Å². The third kappa shape index (κ3) is 12.9. The fraction of sp³-hybridized carbons (Fsp3) is 0.154. The van der Waals surface area contributed by atoms with Gasteiger partial charge in [0.2, 0.25) is 0 Å². The Hall–Kier alpha value is -5.75. The van der Waals surface area contributed by atoms with Gasteiger partial charge in [-0.25, -0.2) is 0 Å². The molecule has 7 aromatic carbocycles. The van der Waals surface area contributed by atoms with Crippen molar-refractivity contribution in [3.05, 3.63) is 199 Å². The van der Waals surface area contributed by atoms with Crippen LogP contribution in [-0.2, 0) is 0 Å². The summed E-state index contributed by atoms with van der Waals surface area (Å²) in [7, 11) is 0. The first-order valence-electron chi connectivity index (χ1n) is 20.5. The Kier molecular flexibility index (Phi) is 16.0. The average molecular weight is 874 g/mol. The molecule has 7 nitrogen and oxygen atoms in total. The maximum atomic E-state index is 11.2. The summed E-state index contributed by atoms with van der Waals surface area (Å²) in [5.41, 5.74) is 7.95. The first-order chi connectivity index (χ1) is 30.3. The lowest BCUT2D eigenvalue weighted by Crippen LogP contribution is -2.30. The molecule has 0 bridgehead atoms. The number of hydrazone groups is 2. The van der Waals surface area contributed by atoms with Crippen molar-refractivity contribution in [1.82, 2.24) is 0 Å². The smallest absolute Gasteiger partial charge is 0.0830 e. The molecule has 7 aromatic rings. The average Bonchev–Trinajstić information content (AvgIpc) is 3.31. The normalized spacial score (nSPS) is 12.4. The fourth-order valence-electron chi connectivity index (χ4n) is 6.55. The summed E-state index contributed by atoms with van der Waals surface area (Å²) in [6.45, 7) is 4.59. The molecular formula is C52H51N5O2S3. The van der Waals surface area contributed by atoms with Gasteiger partial charge in [0.1, 0.15) is 0 Å². The number of aryl methyl sites for hydroxylation is 1. The van der Waals surface area contributed by atoms with Crippen molar-refractivity contribution in [3.63, 3.8) is 0 Å². The summed E-state index contributed by atoms with van der Waals surface area (Å²) < 4.78 is 0. The van der Waals surface area contributed by atoms with Crippen molar-refractivity contribution in [2.24, 2.45) is 10.2 Å².